The van der Waals surface area contributed by atoms with Gasteiger partial charge in [-0.2, -0.15) is 0 Å². The number of carbonyl (C=O) groups is 1. The molecule has 7 heteroatoms. The fourth-order valence-corrected chi connectivity index (χ4v) is 4.27. The van der Waals surface area contributed by atoms with Gasteiger partial charge in [-0.15, -0.1) is 13.2 Å². The van der Waals surface area contributed by atoms with Gasteiger partial charge < -0.3 is 10.1 Å². The zero-order chi connectivity index (χ0) is 19.9. The van der Waals surface area contributed by atoms with Crippen molar-refractivity contribution < 1.29 is 22.7 Å². The Balaban J connectivity index is 1.62. The van der Waals surface area contributed by atoms with Crippen molar-refractivity contribution in [2.24, 2.45) is 11.3 Å². The predicted octanol–water partition coefficient (Wildman–Crippen LogP) is 5.48. The van der Waals surface area contributed by atoms with Crippen LogP contribution in [-0.4, -0.2) is 24.5 Å². The summed E-state index contributed by atoms with van der Waals surface area (Å²) in [6.45, 7) is 7.36. The fourth-order valence-electron chi connectivity index (χ4n) is 4.27. The molecule has 1 saturated carbocycles. The molecule has 0 radical (unpaired) electrons. The zero-order valence-corrected chi connectivity index (χ0v) is 16.0. The summed E-state index contributed by atoms with van der Waals surface area (Å²) in [6.07, 6.45) is 0.291. The van der Waals surface area contributed by atoms with Crippen LogP contribution in [0, 0.1) is 11.3 Å². The summed E-state index contributed by atoms with van der Waals surface area (Å²) < 4.78 is 40.7. The lowest BCUT2D eigenvalue weighted by molar-refractivity contribution is -0.274. The first kappa shape index (κ1) is 19.8. The van der Waals surface area contributed by atoms with Crippen LogP contribution in [-0.2, 0) is 0 Å². The number of halogens is 3. The van der Waals surface area contributed by atoms with Gasteiger partial charge in [0.1, 0.15) is 5.75 Å². The number of amides is 2. The molecule has 1 N–H and O–H groups in total. The number of benzene rings is 1. The predicted molar refractivity (Wildman–Crippen MR) is 97.8 cm³/mol. The van der Waals surface area contributed by atoms with Crippen molar-refractivity contribution in [1.82, 2.24) is 5.32 Å². The minimum absolute atomic E-state index is 0.144. The largest absolute Gasteiger partial charge is 0.573 e. The summed E-state index contributed by atoms with van der Waals surface area (Å²) in [5.74, 6) is 0.375. The third-order valence-corrected chi connectivity index (χ3v) is 5.98. The van der Waals surface area contributed by atoms with E-state index in [1.54, 1.807) is 4.90 Å². The van der Waals surface area contributed by atoms with Crippen molar-refractivity contribution in [1.29, 1.82) is 0 Å². The Labute approximate surface area is 158 Å². The lowest BCUT2D eigenvalue weighted by Gasteiger charge is -2.48. The Bertz CT molecular complexity index is 672. The summed E-state index contributed by atoms with van der Waals surface area (Å²) in [6, 6.07) is 5.24. The van der Waals surface area contributed by atoms with E-state index in [2.05, 4.69) is 30.8 Å². The van der Waals surface area contributed by atoms with Crippen LogP contribution in [0.5, 0.6) is 5.75 Å². The number of urea groups is 1. The minimum atomic E-state index is -4.72. The summed E-state index contributed by atoms with van der Waals surface area (Å²) in [5.41, 5.74) is 0.710. The smallest absolute Gasteiger partial charge is 0.406 e. The number of hydrogen-bond acceptors (Lipinski definition) is 2. The fraction of sp³-hybridized carbons (Fsp3) is 0.650. The van der Waals surface area contributed by atoms with Crippen LogP contribution >= 0.6 is 0 Å². The average molecular weight is 384 g/mol. The van der Waals surface area contributed by atoms with Crippen molar-refractivity contribution in [2.45, 2.75) is 64.8 Å². The number of alkyl halides is 3. The highest BCUT2D eigenvalue weighted by molar-refractivity contribution is 5.93. The summed E-state index contributed by atoms with van der Waals surface area (Å²) in [5, 5.41) is 3.18. The van der Waals surface area contributed by atoms with Crippen molar-refractivity contribution in [3.8, 4) is 5.75 Å². The molecule has 3 rings (SSSR count). The standard InChI is InChI=1S/C20H27F3N2O2/c1-18(2,3)14-8-10-19(11-9-14)12-13-25(17(26)24-19)15-4-6-16(7-5-15)27-20(21,22)23/h4-7,14H,8-13H2,1-3H3,(H,24,26). The van der Waals surface area contributed by atoms with Crippen LogP contribution in [0.2, 0.25) is 0 Å². The second kappa shape index (κ2) is 6.91. The quantitative estimate of drug-likeness (QED) is 0.734. The van der Waals surface area contributed by atoms with Gasteiger partial charge in [0, 0.05) is 17.8 Å². The van der Waals surface area contributed by atoms with Crippen LogP contribution in [0.4, 0.5) is 23.7 Å². The first-order valence-electron chi connectivity index (χ1n) is 9.43. The van der Waals surface area contributed by atoms with Gasteiger partial charge in [0.2, 0.25) is 0 Å². The molecule has 0 atom stereocenters. The monoisotopic (exact) mass is 384 g/mol. The Kier molecular flexibility index (Phi) is 5.08. The lowest BCUT2D eigenvalue weighted by Crippen LogP contribution is -2.61. The number of ether oxygens (including phenoxy) is 1. The highest BCUT2D eigenvalue weighted by Gasteiger charge is 2.43. The maximum absolute atomic E-state index is 12.7. The zero-order valence-electron chi connectivity index (χ0n) is 16.0. The van der Waals surface area contributed by atoms with Gasteiger partial charge in [0.25, 0.3) is 0 Å². The third kappa shape index (κ3) is 4.68. The van der Waals surface area contributed by atoms with Gasteiger partial charge in [-0.25, -0.2) is 4.79 Å². The second-order valence-corrected chi connectivity index (χ2v) is 8.79. The van der Waals surface area contributed by atoms with Crippen molar-refractivity contribution in [3.63, 3.8) is 0 Å². The van der Waals surface area contributed by atoms with E-state index < -0.39 is 6.36 Å². The third-order valence-electron chi connectivity index (χ3n) is 5.98. The highest BCUT2D eigenvalue weighted by atomic mass is 19.4. The molecule has 27 heavy (non-hydrogen) atoms. The van der Waals surface area contributed by atoms with E-state index in [0.717, 1.165) is 32.1 Å². The number of hydrogen-bond donors (Lipinski definition) is 1. The summed E-state index contributed by atoms with van der Waals surface area (Å²) >= 11 is 0. The van der Waals surface area contributed by atoms with Gasteiger partial charge in [0.15, 0.2) is 0 Å². The molecule has 1 aliphatic carbocycles. The van der Waals surface area contributed by atoms with E-state index in [9.17, 15) is 18.0 Å². The molecular formula is C20H27F3N2O2. The summed E-state index contributed by atoms with van der Waals surface area (Å²) in [7, 11) is 0. The molecule has 0 aromatic heterocycles. The molecule has 1 heterocycles. The second-order valence-electron chi connectivity index (χ2n) is 8.79. The molecule has 0 bridgehead atoms. The van der Waals surface area contributed by atoms with E-state index in [4.69, 9.17) is 0 Å². The first-order chi connectivity index (χ1) is 12.5. The molecule has 1 saturated heterocycles. The molecular weight excluding hydrogens is 357 g/mol. The number of nitrogens with one attached hydrogen (secondary N) is 1. The van der Waals surface area contributed by atoms with Crippen LogP contribution < -0.4 is 15.0 Å². The Morgan fingerprint density at radius 1 is 1.07 bits per heavy atom. The van der Waals surface area contributed by atoms with E-state index in [1.807, 2.05) is 0 Å². The maximum Gasteiger partial charge on any atom is 0.573 e. The van der Waals surface area contributed by atoms with Gasteiger partial charge in [-0.05, 0) is 67.7 Å². The van der Waals surface area contributed by atoms with E-state index >= 15 is 0 Å². The molecule has 2 amide bonds. The lowest BCUT2D eigenvalue weighted by atomic mass is 9.66. The SMILES string of the molecule is CC(C)(C)C1CCC2(CC1)CCN(c1ccc(OC(F)(F)F)cc1)C(=O)N2. The van der Waals surface area contributed by atoms with Gasteiger partial charge >= 0.3 is 12.4 Å². The molecule has 4 nitrogen and oxygen atoms in total. The molecule has 1 spiro atoms. The average Bonchev–Trinajstić information content (AvgIpc) is 2.54. The Morgan fingerprint density at radius 2 is 1.67 bits per heavy atom. The molecule has 150 valence electrons. The van der Waals surface area contributed by atoms with E-state index in [0.29, 0.717) is 18.2 Å². The number of carbonyl (C=O) groups excluding carboxylic acids is 1. The van der Waals surface area contributed by atoms with Gasteiger partial charge in [0.05, 0.1) is 0 Å². The van der Waals surface area contributed by atoms with Gasteiger partial charge in [-0.3, -0.25) is 4.90 Å². The molecule has 2 fully saturated rings. The topological polar surface area (TPSA) is 41.6 Å². The number of anilines is 1. The van der Waals surface area contributed by atoms with Crippen LogP contribution in [0.1, 0.15) is 52.9 Å². The molecule has 1 aromatic carbocycles. The van der Waals surface area contributed by atoms with Crippen molar-refractivity contribution >= 4 is 11.7 Å². The van der Waals surface area contributed by atoms with Crippen LogP contribution in [0.15, 0.2) is 24.3 Å². The van der Waals surface area contributed by atoms with Crippen molar-refractivity contribution in [3.05, 3.63) is 24.3 Å². The van der Waals surface area contributed by atoms with Gasteiger partial charge in [-0.1, -0.05) is 20.8 Å². The molecule has 1 aromatic rings. The van der Waals surface area contributed by atoms with E-state index in [1.165, 1.54) is 24.3 Å². The molecule has 1 aliphatic heterocycles. The highest BCUT2D eigenvalue weighted by Crippen LogP contribution is 2.43. The maximum atomic E-state index is 12.7. The molecule has 2 aliphatic rings. The normalized spacial score (nSPS) is 26.8. The summed E-state index contributed by atoms with van der Waals surface area (Å²) in [4.78, 5) is 14.2. The Morgan fingerprint density at radius 3 is 2.15 bits per heavy atom. The van der Waals surface area contributed by atoms with Crippen molar-refractivity contribution in [2.75, 3.05) is 11.4 Å². The number of nitrogens with zero attached hydrogens (tertiary/aromatic N) is 1. The Hall–Kier alpha value is -1.92. The number of rotatable bonds is 2. The van der Waals surface area contributed by atoms with E-state index in [-0.39, 0.29) is 22.7 Å². The first-order valence-corrected chi connectivity index (χ1v) is 9.43. The molecule has 0 unspecified atom stereocenters. The van der Waals surface area contributed by atoms with Crippen LogP contribution in [0.3, 0.4) is 0 Å². The minimum Gasteiger partial charge on any atom is -0.406 e. The van der Waals surface area contributed by atoms with Crippen LogP contribution in [0.25, 0.3) is 0 Å².